The fraction of sp³-hybridized carbons (Fsp3) is 0.828. The Labute approximate surface area is 220 Å². The lowest BCUT2D eigenvalue weighted by molar-refractivity contribution is -0.209. The van der Waals surface area contributed by atoms with E-state index in [2.05, 4.69) is 19.9 Å². The van der Waals surface area contributed by atoms with E-state index in [0.29, 0.717) is 37.4 Å². The van der Waals surface area contributed by atoms with Crippen LogP contribution in [0.5, 0.6) is 0 Å². The van der Waals surface area contributed by atoms with Gasteiger partial charge in [0.15, 0.2) is 6.61 Å². The third-order valence-corrected chi connectivity index (χ3v) is 10.2. The van der Waals surface area contributed by atoms with Crippen molar-refractivity contribution in [3.63, 3.8) is 0 Å². The highest BCUT2D eigenvalue weighted by Gasteiger charge is 2.67. The Balaban J connectivity index is 1.56. The summed E-state index contributed by atoms with van der Waals surface area (Å²) < 4.78 is 27.8. The minimum atomic E-state index is -1.04. The normalized spacial score (nSPS) is 38.6. The van der Waals surface area contributed by atoms with E-state index in [1.54, 1.807) is 7.11 Å². The maximum absolute atomic E-state index is 13.7. The molecule has 4 rings (SSSR count). The molecule has 0 saturated heterocycles. The van der Waals surface area contributed by atoms with Gasteiger partial charge in [0.25, 0.3) is 0 Å². The van der Waals surface area contributed by atoms with Crippen LogP contribution in [0.25, 0.3) is 0 Å². The number of fused-ring (bicyclic) bond motifs is 5. The lowest BCUT2D eigenvalue weighted by Crippen LogP contribution is -2.59. The van der Waals surface area contributed by atoms with Crippen molar-refractivity contribution >= 4 is 17.7 Å². The highest BCUT2D eigenvalue weighted by Crippen LogP contribution is 2.68. The molecule has 0 spiro atoms. The Bertz CT molecular complexity index is 914. The van der Waals surface area contributed by atoms with Gasteiger partial charge in [0, 0.05) is 32.8 Å². The van der Waals surface area contributed by atoms with E-state index in [9.17, 15) is 14.4 Å². The van der Waals surface area contributed by atoms with Crippen molar-refractivity contribution in [2.45, 2.75) is 90.8 Å². The Morgan fingerprint density at radius 1 is 0.973 bits per heavy atom. The van der Waals surface area contributed by atoms with Gasteiger partial charge in [0.1, 0.15) is 18.5 Å². The van der Waals surface area contributed by atoms with Crippen LogP contribution in [-0.4, -0.2) is 63.2 Å². The van der Waals surface area contributed by atoms with Gasteiger partial charge in [-0.2, -0.15) is 0 Å². The second-order valence-electron chi connectivity index (χ2n) is 11.9. The number of Topliss-reactive ketones (excluding diaryl/α,β-unsaturated/α-hetero) is 1. The predicted octanol–water partition coefficient (Wildman–Crippen LogP) is 4.39. The van der Waals surface area contributed by atoms with Gasteiger partial charge in [-0.15, -0.1) is 0 Å². The largest absolute Gasteiger partial charge is 0.462 e. The fourth-order valence-electron chi connectivity index (χ4n) is 8.36. The van der Waals surface area contributed by atoms with Gasteiger partial charge in [0.05, 0.1) is 13.2 Å². The highest BCUT2D eigenvalue weighted by atomic mass is 16.7. The molecule has 3 saturated carbocycles. The third kappa shape index (κ3) is 5.13. The zero-order valence-electron chi connectivity index (χ0n) is 23.1. The first-order chi connectivity index (χ1) is 17.6. The van der Waals surface area contributed by atoms with E-state index >= 15 is 0 Å². The summed E-state index contributed by atoms with van der Waals surface area (Å²) in [5.41, 5.74) is 0.126. The second kappa shape index (κ2) is 11.1. The average Bonchev–Trinajstić information content (AvgIpc) is 3.15. The minimum Gasteiger partial charge on any atom is -0.462 e. The summed E-state index contributed by atoms with van der Waals surface area (Å²) in [5.74, 6) is 0.475. The Hall–Kier alpha value is -1.77. The summed E-state index contributed by atoms with van der Waals surface area (Å²) >= 11 is 0. The number of hydrogen-bond donors (Lipinski definition) is 0. The molecule has 0 aromatic carbocycles. The van der Waals surface area contributed by atoms with E-state index < -0.39 is 11.6 Å². The summed E-state index contributed by atoms with van der Waals surface area (Å²) in [7, 11) is 1.61. The van der Waals surface area contributed by atoms with E-state index in [4.69, 9.17) is 23.7 Å². The monoisotopic (exact) mass is 520 g/mol. The van der Waals surface area contributed by atoms with Crippen molar-refractivity contribution < 1.29 is 38.1 Å². The quantitative estimate of drug-likeness (QED) is 0.181. The highest BCUT2D eigenvalue weighted by molar-refractivity contribution is 5.91. The number of rotatable bonds is 10. The van der Waals surface area contributed by atoms with Crippen LogP contribution >= 0.6 is 0 Å². The van der Waals surface area contributed by atoms with Gasteiger partial charge in [0.2, 0.25) is 5.78 Å². The van der Waals surface area contributed by atoms with E-state index in [0.717, 1.165) is 44.9 Å². The van der Waals surface area contributed by atoms with Gasteiger partial charge in [-0.05, 0) is 68.1 Å². The molecule has 4 aliphatic carbocycles. The molecule has 0 unspecified atom stereocenters. The van der Waals surface area contributed by atoms with Gasteiger partial charge < -0.3 is 23.7 Å². The average molecular weight is 521 g/mol. The molecule has 4 aliphatic rings. The van der Waals surface area contributed by atoms with Crippen molar-refractivity contribution in [1.82, 2.24) is 0 Å². The van der Waals surface area contributed by atoms with E-state index in [-0.39, 0.29) is 42.1 Å². The van der Waals surface area contributed by atoms with Gasteiger partial charge in [-0.3, -0.25) is 14.4 Å². The Morgan fingerprint density at radius 2 is 1.73 bits per heavy atom. The first kappa shape index (κ1) is 28.2. The number of methoxy groups -OCH3 is 1. The van der Waals surface area contributed by atoms with Gasteiger partial charge >= 0.3 is 11.9 Å². The summed E-state index contributed by atoms with van der Waals surface area (Å²) in [5, 5.41) is 0. The van der Waals surface area contributed by atoms with Crippen LogP contribution in [-0.2, 0) is 38.1 Å². The van der Waals surface area contributed by atoms with Crippen molar-refractivity contribution in [3.8, 4) is 0 Å². The van der Waals surface area contributed by atoms with Gasteiger partial charge in [-0.25, -0.2) is 0 Å². The maximum atomic E-state index is 13.7. The first-order valence-electron chi connectivity index (χ1n) is 13.8. The first-order valence-corrected chi connectivity index (χ1v) is 13.8. The molecule has 0 aliphatic heterocycles. The third-order valence-electron chi connectivity index (χ3n) is 10.2. The Morgan fingerprint density at radius 3 is 2.43 bits per heavy atom. The zero-order chi connectivity index (χ0) is 26.8. The molecule has 0 radical (unpaired) electrons. The molecule has 8 heteroatoms. The van der Waals surface area contributed by atoms with Crippen LogP contribution in [0, 0.1) is 28.6 Å². The number of ketones is 1. The molecular formula is C29H44O8. The smallest absolute Gasteiger partial charge is 0.303 e. The summed E-state index contributed by atoms with van der Waals surface area (Å²) in [6.45, 7) is 7.98. The number of ether oxygens (including phenoxy) is 5. The number of carbonyl (C=O) groups excluding carboxylic acids is 3. The van der Waals surface area contributed by atoms with Crippen LogP contribution < -0.4 is 0 Å². The molecule has 7 atom stereocenters. The van der Waals surface area contributed by atoms with Crippen LogP contribution in [0.3, 0.4) is 0 Å². The van der Waals surface area contributed by atoms with Crippen molar-refractivity contribution in [2.24, 2.45) is 28.6 Å². The maximum Gasteiger partial charge on any atom is 0.303 e. The molecule has 0 aromatic heterocycles. The molecule has 8 nitrogen and oxygen atoms in total. The standard InChI is InChI=1S/C29H44O8/c1-19(30)35-17-26(32)29(36-18-34-15-14-33-5)13-10-25-23-7-6-21-16-22(37-20(2)31)8-11-27(21,3)24(23)9-12-28(25,29)4/h6,22-25H,7-18H2,1-5H3/t22-,23+,24-,25-,27-,28-,29-/m0/s1. The lowest BCUT2D eigenvalue weighted by atomic mass is 9.46. The molecule has 208 valence electrons. The second-order valence-corrected chi connectivity index (χ2v) is 11.9. The number of allylic oxidation sites excluding steroid dienone is 1. The number of carbonyl (C=O) groups is 3. The van der Waals surface area contributed by atoms with Crippen LogP contribution in [0.4, 0.5) is 0 Å². The van der Waals surface area contributed by atoms with E-state index in [1.807, 2.05) is 0 Å². The molecule has 37 heavy (non-hydrogen) atoms. The molecule has 3 fully saturated rings. The summed E-state index contributed by atoms with van der Waals surface area (Å²) in [4.78, 5) is 36.7. The van der Waals surface area contributed by atoms with Crippen molar-refractivity contribution in [1.29, 1.82) is 0 Å². The van der Waals surface area contributed by atoms with Crippen molar-refractivity contribution in [2.75, 3.05) is 33.7 Å². The topological polar surface area (TPSA) is 97.4 Å². The Kier molecular flexibility index (Phi) is 8.51. The van der Waals surface area contributed by atoms with Crippen LogP contribution in [0.1, 0.15) is 79.1 Å². The molecular weight excluding hydrogens is 476 g/mol. The number of hydrogen-bond acceptors (Lipinski definition) is 8. The zero-order valence-corrected chi connectivity index (χ0v) is 23.1. The van der Waals surface area contributed by atoms with Crippen molar-refractivity contribution in [3.05, 3.63) is 11.6 Å². The van der Waals surface area contributed by atoms with Crippen LogP contribution in [0.15, 0.2) is 11.6 Å². The van der Waals surface area contributed by atoms with Crippen LogP contribution in [0.2, 0.25) is 0 Å². The molecule has 0 bridgehead atoms. The summed E-state index contributed by atoms with van der Waals surface area (Å²) in [6.07, 6.45) is 9.48. The molecule has 0 heterocycles. The fourth-order valence-corrected chi connectivity index (χ4v) is 8.36. The summed E-state index contributed by atoms with van der Waals surface area (Å²) in [6, 6.07) is 0. The SMILES string of the molecule is COCCOCO[C@]1(C(=O)COC(C)=O)CC[C@H]2[C@@H]3CC=C4C[C@@H](OC(C)=O)CC[C@]4(C)[C@H]3CC[C@@]21C. The lowest BCUT2D eigenvalue weighted by Gasteiger charge is -2.59. The number of esters is 2. The van der Waals surface area contributed by atoms with Gasteiger partial charge in [-0.1, -0.05) is 25.5 Å². The molecule has 0 aromatic rings. The molecule has 0 amide bonds. The minimum absolute atomic E-state index is 0.00484. The molecule has 0 N–H and O–H groups in total. The van der Waals surface area contributed by atoms with E-state index in [1.165, 1.54) is 19.4 Å². The predicted molar refractivity (Wildman–Crippen MR) is 135 cm³/mol.